The smallest absolute Gasteiger partial charge is 0.301 e. The number of anilines is 5. The van der Waals surface area contributed by atoms with Crippen LogP contribution in [0.3, 0.4) is 0 Å². The van der Waals surface area contributed by atoms with Crippen molar-refractivity contribution in [2.75, 3.05) is 40.5 Å². The number of benzene rings is 2. The first-order chi connectivity index (χ1) is 27.8. The molecule has 3 aliphatic heterocycles. The van der Waals surface area contributed by atoms with E-state index in [1.54, 1.807) is 31.4 Å². The molecule has 2 unspecified atom stereocenters. The molecule has 2 amide bonds. The van der Waals surface area contributed by atoms with Crippen molar-refractivity contribution in [3.05, 3.63) is 63.7 Å². The molecule has 14 nitrogen and oxygen atoms in total. The first-order valence-corrected chi connectivity index (χ1v) is 20.3. The minimum Gasteiger partial charge on any atom is -0.480 e. The van der Waals surface area contributed by atoms with E-state index < -0.39 is 30.0 Å². The predicted octanol–water partition coefficient (Wildman–Crippen LogP) is 6.21. The van der Waals surface area contributed by atoms with Gasteiger partial charge >= 0.3 is 5.92 Å². The van der Waals surface area contributed by atoms with Crippen LogP contribution in [-0.4, -0.2) is 73.8 Å². The molecule has 0 bridgehead atoms. The van der Waals surface area contributed by atoms with Crippen molar-refractivity contribution < 1.29 is 23.1 Å². The molecule has 58 heavy (non-hydrogen) atoms. The summed E-state index contributed by atoms with van der Waals surface area (Å²) in [5.41, 5.74) is 4.01. The SMILES string of the molecule is Cn1nc(C2CCC(=O)NC2=O)c2ccc(N3CC4(CCC(Nc5ncc(Cl)c(Nc6ccc7c(c6)c6c(c(=O)n7C)OCC(F)(F)C(C7CC7)N6)n5)CC4)C3)cc21. The fraction of sp³-hybridized carbons (Fsp3) is 0.463. The van der Waals surface area contributed by atoms with Crippen LogP contribution >= 0.6 is 11.6 Å². The Bertz CT molecular complexity index is 2580. The van der Waals surface area contributed by atoms with Crippen molar-refractivity contribution in [1.29, 1.82) is 0 Å². The van der Waals surface area contributed by atoms with E-state index in [-0.39, 0.29) is 40.6 Å². The van der Waals surface area contributed by atoms with E-state index in [1.165, 1.54) is 4.57 Å². The highest BCUT2D eigenvalue weighted by Crippen LogP contribution is 2.48. The zero-order valence-electron chi connectivity index (χ0n) is 32.1. The summed E-state index contributed by atoms with van der Waals surface area (Å²) in [5, 5.41) is 18.8. The fourth-order valence-electron chi connectivity index (χ4n) is 9.45. The number of amides is 2. The monoisotopic (exact) mass is 812 g/mol. The normalized spacial score (nSPS) is 22.8. The summed E-state index contributed by atoms with van der Waals surface area (Å²) in [4.78, 5) is 49.1. The second kappa shape index (κ2) is 13.5. The summed E-state index contributed by atoms with van der Waals surface area (Å²) in [7, 11) is 3.49. The van der Waals surface area contributed by atoms with Crippen LogP contribution in [0.4, 0.5) is 37.6 Å². The Morgan fingerprint density at radius 1 is 0.966 bits per heavy atom. The first-order valence-electron chi connectivity index (χ1n) is 19.9. The van der Waals surface area contributed by atoms with Gasteiger partial charge in [0.1, 0.15) is 5.02 Å². The molecule has 5 aromatic rings. The number of alkyl halides is 2. The van der Waals surface area contributed by atoms with E-state index in [0.29, 0.717) is 59.1 Å². The number of hydrogen-bond donors (Lipinski definition) is 4. The highest BCUT2D eigenvalue weighted by atomic mass is 35.5. The van der Waals surface area contributed by atoms with Gasteiger partial charge in [-0.1, -0.05) is 11.6 Å². The number of halogens is 3. The van der Waals surface area contributed by atoms with Crippen molar-refractivity contribution in [3.8, 4) is 5.75 Å². The molecule has 3 aromatic heterocycles. The number of imide groups is 1. The largest absolute Gasteiger partial charge is 0.480 e. The minimum absolute atomic E-state index is 0.112. The number of carbonyl (C=O) groups excluding carboxylic acids is 2. The van der Waals surface area contributed by atoms with Gasteiger partial charge in [0.25, 0.3) is 5.56 Å². The Hall–Kier alpha value is -5.51. The van der Waals surface area contributed by atoms with Crippen LogP contribution in [0.25, 0.3) is 21.8 Å². The van der Waals surface area contributed by atoms with Crippen LogP contribution in [0, 0.1) is 11.3 Å². The third kappa shape index (κ3) is 6.36. The molecule has 2 aromatic carbocycles. The summed E-state index contributed by atoms with van der Waals surface area (Å²) in [6, 6.07) is 10.7. The lowest BCUT2D eigenvalue weighted by atomic mass is 9.67. The minimum atomic E-state index is -3.13. The lowest BCUT2D eigenvalue weighted by Gasteiger charge is -2.54. The average molecular weight is 813 g/mol. The van der Waals surface area contributed by atoms with Gasteiger partial charge in [-0.3, -0.25) is 24.4 Å². The number of nitrogens with one attached hydrogen (secondary N) is 4. The molecule has 1 spiro atoms. The molecule has 17 heteroatoms. The Labute approximate surface area is 336 Å². The summed E-state index contributed by atoms with van der Waals surface area (Å²) in [6.45, 7) is 1.06. The van der Waals surface area contributed by atoms with E-state index >= 15 is 8.78 Å². The molecule has 2 atom stereocenters. The van der Waals surface area contributed by atoms with E-state index in [2.05, 4.69) is 49.4 Å². The maximum absolute atomic E-state index is 15.1. The number of hydrogen-bond acceptors (Lipinski definition) is 11. The number of pyridine rings is 1. The van der Waals surface area contributed by atoms with Crippen LogP contribution in [0.2, 0.25) is 5.02 Å². The number of nitrogens with zero attached hydrogens (tertiary/aromatic N) is 6. The standard InChI is InChI=1S/C41H43ClF2N10O4/c1-52-29-9-5-23(15-27(29)33-34(38(52)57)58-20-41(43,44)35(49-33)21-3-4-21)46-36-28(42)17-45-39(50-36)47-22-11-13-40(14-12-22)18-54(19-40)24-6-7-25-30(16-24)53(2)51-32(25)26-8-10-31(55)48-37(26)56/h5-7,9,15-17,21-22,26,35,49H,3-4,8,10-14,18-20H2,1-2H3,(H,48,55,56)(H2,45,46,47,50). The first kappa shape index (κ1) is 36.8. The second-order valence-corrected chi connectivity index (χ2v) is 17.2. The van der Waals surface area contributed by atoms with Crippen molar-refractivity contribution in [1.82, 2.24) is 29.6 Å². The van der Waals surface area contributed by atoms with Gasteiger partial charge < -0.3 is 30.2 Å². The van der Waals surface area contributed by atoms with Gasteiger partial charge in [-0.2, -0.15) is 10.1 Å². The number of aromatic nitrogens is 5. The molecule has 6 heterocycles. The summed E-state index contributed by atoms with van der Waals surface area (Å²) in [5.74, 6) is -3.54. The summed E-state index contributed by atoms with van der Waals surface area (Å²) >= 11 is 6.59. The summed E-state index contributed by atoms with van der Waals surface area (Å²) in [6.07, 6.45) is 7.77. The van der Waals surface area contributed by atoms with Crippen LogP contribution < -0.4 is 36.5 Å². The molecule has 10 rings (SSSR count). The van der Waals surface area contributed by atoms with Crippen molar-refractivity contribution >= 4 is 74.0 Å². The summed E-state index contributed by atoms with van der Waals surface area (Å²) < 4.78 is 39.0. The second-order valence-electron chi connectivity index (χ2n) is 16.8. The van der Waals surface area contributed by atoms with Gasteiger partial charge in [0.15, 0.2) is 12.4 Å². The molecular formula is C41H43ClF2N10O4. The Kier molecular flexibility index (Phi) is 8.59. The van der Waals surface area contributed by atoms with Crippen LogP contribution in [0.5, 0.6) is 5.75 Å². The quantitative estimate of drug-likeness (QED) is 0.138. The highest BCUT2D eigenvalue weighted by molar-refractivity contribution is 6.33. The molecule has 4 fully saturated rings. The predicted molar refractivity (Wildman–Crippen MR) is 216 cm³/mol. The number of fused-ring (bicyclic) bond motifs is 4. The molecular weight excluding hydrogens is 770 g/mol. The maximum Gasteiger partial charge on any atom is 0.301 e. The van der Waals surface area contributed by atoms with Crippen LogP contribution in [0.1, 0.15) is 63.0 Å². The fourth-order valence-corrected chi connectivity index (χ4v) is 9.59. The zero-order chi connectivity index (χ0) is 40.1. The van der Waals surface area contributed by atoms with Gasteiger partial charge in [-0.25, -0.2) is 13.8 Å². The third-order valence-corrected chi connectivity index (χ3v) is 13.1. The van der Waals surface area contributed by atoms with Crippen LogP contribution in [0.15, 0.2) is 47.4 Å². The molecule has 302 valence electrons. The van der Waals surface area contributed by atoms with Gasteiger partial charge in [0.05, 0.1) is 40.6 Å². The van der Waals surface area contributed by atoms with E-state index in [0.717, 1.165) is 61.1 Å². The zero-order valence-corrected chi connectivity index (χ0v) is 32.8. The van der Waals surface area contributed by atoms with Crippen LogP contribution in [-0.2, 0) is 23.7 Å². The van der Waals surface area contributed by atoms with Gasteiger partial charge in [-0.05, 0) is 87.3 Å². The Morgan fingerprint density at radius 3 is 2.52 bits per heavy atom. The molecule has 2 aliphatic carbocycles. The van der Waals surface area contributed by atoms with E-state index in [4.69, 9.17) is 26.4 Å². The lowest BCUT2D eigenvalue weighted by Crippen LogP contribution is -2.58. The van der Waals surface area contributed by atoms with Crippen molar-refractivity contribution in [2.24, 2.45) is 25.4 Å². The number of aryl methyl sites for hydroxylation is 2. The van der Waals surface area contributed by atoms with Gasteiger partial charge in [0.2, 0.25) is 23.5 Å². The number of ether oxygens (including phenoxy) is 1. The maximum atomic E-state index is 15.1. The molecule has 2 saturated heterocycles. The highest BCUT2D eigenvalue weighted by Gasteiger charge is 2.51. The number of carbonyl (C=O) groups is 2. The van der Waals surface area contributed by atoms with Crippen molar-refractivity contribution in [2.45, 2.75) is 75.3 Å². The number of piperidine rings is 1. The number of rotatable bonds is 7. The van der Waals surface area contributed by atoms with E-state index in [1.807, 2.05) is 11.7 Å². The van der Waals surface area contributed by atoms with Crippen molar-refractivity contribution in [3.63, 3.8) is 0 Å². The molecule has 4 N–H and O–H groups in total. The lowest BCUT2D eigenvalue weighted by molar-refractivity contribution is -0.134. The molecule has 5 aliphatic rings. The Balaban J connectivity index is 0.799. The molecule has 0 radical (unpaired) electrons. The average Bonchev–Trinajstić information content (AvgIpc) is 3.99. The molecule has 2 saturated carbocycles. The van der Waals surface area contributed by atoms with Gasteiger partial charge in [0, 0.05) is 67.2 Å². The van der Waals surface area contributed by atoms with Gasteiger partial charge in [-0.15, -0.1) is 0 Å². The Morgan fingerprint density at radius 2 is 1.76 bits per heavy atom. The van der Waals surface area contributed by atoms with E-state index in [9.17, 15) is 14.4 Å². The third-order valence-electron chi connectivity index (χ3n) is 12.8. The topological polar surface area (TPSA) is 160 Å².